The Labute approximate surface area is 172 Å². The van der Waals surface area contributed by atoms with Crippen LogP contribution in [0.4, 0.5) is 0 Å². The summed E-state index contributed by atoms with van der Waals surface area (Å²) < 4.78 is 16.5. The average molecular weight is 396 g/mol. The first kappa shape index (κ1) is 17.9. The second-order valence-electron chi connectivity index (χ2n) is 6.86. The van der Waals surface area contributed by atoms with E-state index < -0.39 is 11.9 Å². The zero-order valence-electron chi connectivity index (χ0n) is 15.9. The van der Waals surface area contributed by atoms with Gasteiger partial charge in [0.2, 0.25) is 0 Å². The number of rotatable bonds is 5. The molecule has 0 bridgehead atoms. The predicted molar refractivity (Wildman–Crippen MR) is 111 cm³/mol. The summed E-state index contributed by atoms with van der Waals surface area (Å²) in [4.78, 5) is 25.1. The quantitative estimate of drug-likeness (QED) is 0.377. The van der Waals surface area contributed by atoms with Crippen LogP contribution >= 0.6 is 0 Å². The summed E-state index contributed by atoms with van der Waals surface area (Å²) in [5, 5.41) is 1.22. The third-order valence-electron chi connectivity index (χ3n) is 5.01. The normalized spacial score (nSPS) is 14.1. The van der Waals surface area contributed by atoms with Crippen molar-refractivity contribution >= 4 is 23.1 Å². The maximum atomic E-state index is 12.6. The summed E-state index contributed by atoms with van der Waals surface area (Å²) in [6.45, 7) is 4.02. The van der Waals surface area contributed by atoms with Gasteiger partial charge in [0.05, 0.1) is 11.1 Å². The van der Waals surface area contributed by atoms with Gasteiger partial charge in [0.15, 0.2) is 0 Å². The minimum absolute atomic E-state index is 0.401. The molecule has 2 aliphatic heterocycles. The Morgan fingerprint density at radius 2 is 1.30 bits per heavy atom. The van der Waals surface area contributed by atoms with Crippen LogP contribution in [0.15, 0.2) is 79.4 Å². The van der Waals surface area contributed by atoms with E-state index in [4.69, 9.17) is 14.2 Å². The molecule has 2 heterocycles. The van der Waals surface area contributed by atoms with Gasteiger partial charge in [-0.25, -0.2) is 9.59 Å². The molecule has 3 aromatic carbocycles. The van der Waals surface area contributed by atoms with Crippen LogP contribution in [-0.2, 0) is 9.59 Å². The van der Waals surface area contributed by atoms with E-state index in [9.17, 15) is 9.59 Å². The Bertz CT molecular complexity index is 1320. The lowest BCUT2D eigenvalue weighted by atomic mass is 10.0. The van der Waals surface area contributed by atoms with Gasteiger partial charge in [0.25, 0.3) is 0 Å². The summed E-state index contributed by atoms with van der Waals surface area (Å²) in [5.74, 6) is 0.639. The molecule has 0 N–H and O–H groups in total. The highest BCUT2D eigenvalue weighted by atomic mass is 16.5. The highest BCUT2D eigenvalue weighted by Gasteiger charge is 2.30. The topological polar surface area (TPSA) is 61.8 Å². The van der Waals surface area contributed by atoms with E-state index >= 15 is 0 Å². The lowest BCUT2D eigenvalue weighted by Crippen LogP contribution is -2.11. The minimum Gasteiger partial charge on any atom is -0.490 e. The molecule has 0 fully saturated rings. The number of carbonyl (C=O) groups is 2. The van der Waals surface area contributed by atoms with Crippen LogP contribution in [0.3, 0.4) is 0 Å². The number of hydrogen-bond donors (Lipinski definition) is 0. The van der Waals surface area contributed by atoms with Gasteiger partial charge < -0.3 is 14.2 Å². The van der Waals surface area contributed by atoms with E-state index in [1.807, 2.05) is 30.3 Å². The molecule has 5 heteroatoms. The summed E-state index contributed by atoms with van der Waals surface area (Å²) in [7, 11) is 0. The molecule has 0 aromatic heterocycles. The van der Waals surface area contributed by atoms with Crippen molar-refractivity contribution in [2.75, 3.05) is 6.61 Å². The molecule has 0 unspecified atom stereocenters. The summed E-state index contributed by atoms with van der Waals surface area (Å²) in [5.41, 5.74) is 2.33. The fourth-order valence-corrected chi connectivity index (χ4v) is 3.67. The molecule has 5 rings (SSSR count). The zero-order chi connectivity index (χ0) is 20.7. The van der Waals surface area contributed by atoms with Crippen molar-refractivity contribution in [2.45, 2.75) is 0 Å². The molecule has 0 saturated carbocycles. The van der Waals surface area contributed by atoms with Gasteiger partial charge in [-0.2, -0.15) is 0 Å². The van der Waals surface area contributed by atoms with Gasteiger partial charge in [-0.1, -0.05) is 55.1 Å². The summed E-state index contributed by atoms with van der Waals surface area (Å²) in [6.07, 6.45) is 1.66. The maximum absolute atomic E-state index is 12.6. The number of carbonyl (C=O) groups excluding carboxylic acids is 2. The number of benzene rings is 3. The van der Waals surface area contributed by atoms with Gasteiger partial charge >= 0.3 is 11.9 Å². The van der Waals surface area contributed by atoms with Crippen LogP contribution in [0.2, 0.25) is 0 Å². The van der Waals surface area contributed by atoms with Gasteiger partial charge in [-0.05, 0) is 35.4 Å². The molecule has 0 radical (unpaired) electrons. The molecule has 3 aromatic rings. The molecule has 2 aliphatic rings. The number of ether oxygens (including phenoxy) is 3. The molecular formula is C25H16O5. The Hall–Kier alpha value is -4.12. The molecular weight excluding hydrogens is 380 g/mol. The number of fused-ring (bicyclic) bond motifs is 2. The number of hydrogen-bond acceptors (Lipinski definition) is 5. The van der Waals surface area contributed by atoms with Crippen LogP contribution in [0.5, 0.6) is 17.2 Å². The van der Waals surface area contributed by atoms with E-state index in [1.54, 1.807) is 42.5 Å². The van der Waals surface area contributed by atoms with Gasteiger partial charge in [-0.3, -0.25) is 0 Å². The lowest BCUT2D eigenvalue weighted by Gasteiger charge is -2.04. The van der Waals surface area contributed by atoms with Crippen LogP contribution < -0.4 is 24.6 Å². The smallest absolute Gasteiger partial charge is 0.344 e. The Kier molecular flexibility index (Phi) is 4.21. The highest BCUT2D eigenvalue weighted by molar-refractivity contribution is 6.21. The molecule has 0 atom stereocenters. The average Bonchev–Trinajstić information content (AvgIpc) is 3.25. The fraction of sp³-hybridized carbons (Fsp3) is 0.0400. The predicted octanol–water partition coefficient (Wildman–Crippen LogP) is 2.49. The minimum atomic E-state index is -0.443. The Morgan fingerprint density at radius 3 is 1.83 bits per heavy atom. The van der Waals surface area contributed by atoms with Crippen molar-refractivity contribution in [3.8, 4) is 17.2 Å². The first-order valence-corrected chi connectivity index (χ1v) is 9.42. The maximum Gasteiger partial charge on any atom is 0.344 e. The third kappa shape index (κ3) is 2.88. The van der Waals surface area contributed by atoms with Gasteiger partial charge in [-0.15, -0.1) is 0 Å². The fourth-order valence-electron chi connectivity index (χ4n) is 3.67. The molecule has 0 spiro atoms. The van der Waals surface area contributed by atoms with Crippen molar-refractivity contribution in [2.24, 2.45) is 0 Å². The Morgan fingerprint density at radius 1 is 0.767 bits per heavy atom. The first-order valence-electron chi connectivity index (χ1n) is 9.42. The Balaban J connectivity index is 1.66. The first-order chi connectivity index (χ1) is 14.7. The molecule has 30 heavy (non-hydrogen) atoms. The zero-order valence-corrected chi connectivity index (χ0v) is 15.9. The van der Waals surface area contributed by atoms with Crippen LogP contribution in [-0.4, -0.2) is 18.5 Å². The highest BCUT2D eigenvalue weighted by Crippen LogP contribution is 2.27. The molecule has 0 saturated heterocycles. The number of esters is 2. The lowest BCUT2D eigenvalue weighted by molar-refractivity contribution is -0.128. The second kappa shape index (κ2) is 7.04. The van der Waals surface area contributed by atoms with E-state index in [1.165, 1.54) is 0 Å². The molecule has 0 amide bonds. The SMILES string of the molecule is C=CCOc1ccc(C2=c3cc4c(cc3OC2=O)=C(c2ccccc2)C(=O)O4)cc1. The molecule has 5 nitrogen and oxygen atoms in total. The summed E-state index contributed by atoms with van der Waals surface area (Å²) >= 11 is 0. The van der Waals surface area contributed by atoms with E-state index in [2.05, 4.69) is 6.58 Å². The van der Waals surface area contributed by atoms with Crippen molar-refractivity contribution < 1.29 is 23.8 Å². The van der Waals surface area contributed by atoms with Gasteiger partial charge in [0.1, 0.15) is 23.9 Å². The van der Waals surface area contributed by atoms with Crippen molar-refractivity contribution in [3.05, 3.63) is 101 Å². The van der Waals surface area contributed by atoms with Crippen LogP contribution in [0.1, 0.15) is 11.1 Å². The van der Waals surface area contributed by atoms with E-state index in [0.29, 0.717) is 51.0 Å². The van der Waals surface area contributed by atoms with Gasteiger partial charge in [0, 0.05) is 10.4 Å². The van der Waals surface area contributed by atoms with Crippen molar-refractivity contribution in [1.29, 1.82) is 0 Å². The van der Waals surface area contributed by atoms with E-state index in [0.717, 1.165) is 5.56 Å². The van der Waals surface area contributed by atoms with Crippen molar-refractivity contribution in [1.82, 2.24) is 0 Å². The monoisotopic (exact) mass is 396 g/mol. The van der Waals surface area contributed by atoms with Crippen molar-refractivity contribution in [3.63, 3.8) is 0 Å². The standard InChI is InChI=1S/C25H16O5/c1-2-12-28-17-10-8-16(9-11-17)23-19-14-20-18(13-21(19)30-25(23)27)22(24(26)29-20)15-6-4-3-5-7-15/h2-11,13-14H,1,12H2. The molecule has 146 valence electrons. The van der Waals surface area contributed by atoms with Crippen LogP contribution in [0, 0.1) is 0 Å². The third-order valence-corrected chi connectivity index (χ3v) is 5.01. The second-order valence-corrected chi connectivity index (χ2v) is 6.86. The van der Waals surface area contributed by atoms with Crippen LogP contribution in [0.25, 0.3) is 11.1 Å². The van der Waals surface area contributed by atoms with E-state index in [-0.39, 0.29) is 0 Å². The largest absolute Gasteiger partial charge is 0.490 e. The summed E-state index contributed by atoms with van der Waals surface area (Å²) in [6, 6.07) is 19.8. The molecule has 0 aliphatic carbocycles.